The summed E-state index contributed by atoms with van der Waals surface area (Å²) in [6.45, 7) is 1.72. The molecular formula is C8H6N4. The summed E-state index contributed by atoms with van der Waals surface area (Å²) in [6.07, 6.45) is 1.63. The molecule has 0 saturated carbocycles. The van der Waals surface area contributed by atoms with Crippen LogP contribution in [0.25, 0.3) is 0 Å². The summed E-state index contributed by atoms with van der Waals surface area (Å²) in [5, 5.41) is 16.9. The molecular weight excluding hydrogens is 152 g/mol. The SMILES string of the molecule is Cc1nc(CC#N)ncc1C#N. The molecule has 1 heterocycles. The van der Waals surface area contributed by atoms with Crippen LogP contribution < -0.4 is 0 Å². The monoisotopic (exact) mass is 158 g/mol. The quantitative estimate of drug-likeness (QED) is 0.603. The van der Waals surface area contributed by atoms with Crippen molar-refractivity contribution < 1.29 is 0 Å². The Labute approximate surface area is 70.1 Å². The molecule has 0 aliphatic heterocycles. The summed E-state index contributed by atoms with van der Waals surface area (Å²) in [4.78, 5) is 7.82. The van der Waals surface area contributed by atoms with E-state index in [4.69, 9.17) is 10.5 Å². The molecule has 0 unspecified atom stereocenters. The molecule has 1 aromatic rings. The molecule has 0 N–H and O–H groups in total. The zero-order chi connectivity index (χ0) is 8.97. The van der Waals surface area contributed by atoms with Gasteiger partial charge in [-0.1, -0.05) is 0 Å². The van der Waals surface area contributed by atoms with Crippen molar-refractivity contribution in [2.24, 2.45) is 0 Å². The van der Waals surface area contributed by atoms with E-state index in [1.54, 1.807) is 6.92 Å². The summed E-state index contributed by atoms with van der Waals surface area (Å²) < 4.78 is 0. The zero-order valence-electron chi connectivity index (χ0n) is 6.57. The van der Waals surface area contributed by atoms with Crippen LogP contribution in [0.1, 0.15) is 17.1 Å². The van der Waals surface area contributed by atoms with Gasteiger partial charge in [-0.2, -0.15) is 10.5 Å². The zero-order valence-corrected chi connectivity index (χ0v) is 6.57. The standard InChI is InChI=1S/C8H6N4/c1-6-7(4-10)5-11-8(12-6)2-3-9/h5H,2H2,1H3. The van der Waals surface area contributed by atoms with Gasteiger partial charge >= 0.3 is 0 Å². The average Bonchev–Trinajstić information content (AvgIpc) is 2.05. The average molecular weight is 158 g/mol. The number of aromatic nitrogens is 2. The molecule has 1 aromatic heterocycles. The Hall–Kier alpha value is -1.94. The van der Waals surface area contributed by atoms with Gasteiger partial charge in [0.1, 0.15) is 11.9 Å². The summed E-state index contributed by atoms with van der Waals surface area (Å²) in [5.41, 5.74) is 1.08. The van der Waals surface area contributed by atoms with Gasteiger partial charge in [-0.25, -0.2) is 9.97 Å². The fourth-order valence-corrected chi connectivity index (χ4v) is 0.781. The second-order valence-corrected chi connectivity index (χ2v) is 2.23. The number of hydrogen-bond donors (Lipinski definition) is 0. The summed E-state index contributed by atoms with van der Waals surface area (Å²) in [5.74, 6) is 0.467. The van der Waals surface area contributed by atoms with Crippen LogP contribution in [-0.2, 0) is 6.42 Å². The summed E-state index contributed by atoms with van der Waals surface area (Å²) in [7, 11) is 0. The van der Waals surface area contributed by atoms with Gasteiger partial charge in [0.15, 0.2) is 0 Å². The lowest BCUT2D eigenvalue weighted by Crippen LogP contribution is -1.97. The van der Waals surface area contributed by atoms with Crippen LogP contribution in [0, 0.1) is 29.6 Å². The molecule has 1 rings (SSSR count). The topological polar surface area (TPSA) is 73.4 Å². The van der Waals surface area contributed by atoms with Gasteiger partial charge in [0, 0.05) is 6.20 Å². The Morgan fingerprint density at radius 2 is 2.25 bits per heavy atom. The van der Waals surface area contributed by atoms with Crippen molar-refractivity contribution in [3.8, 4) is 12.1 Å². The van der Waals surface area contributed by atoms with Crippen molar-refractivity contribution in [3.05, 3.63) is 23.3 Å². The van der Waals surface area contributed by atoms with Crippen molar-refractivity contribution >= 4 is 0 Å². The van der Waals surface area contributed by atoms with Crippen LogP contribution in [0.15, 0.2) is 6.20 Å². The molecule has 0 bridgehead atoms. The Morgan fingerprint density at radius 1 is 1.50 bits per heavy atom. The van der Waals surface area contributed by atoms with Crippen molar-refractivity contribution in [3.63, 3.8) is 0 Å². The molecule has 0 aromatic carbocycles. The van der Waals surface area contributed by atoms with E-state index in [2.05, 4.69) is 9.97 Å². The third-order valence-electron chi connectivity index (χ3n) is 1.39. The predicted octanol–water partition coefficient (Wildman–Crippen LogP) is 0.723. The van der Waals surface area contributed by atoms with E-state index < -0.39 is 0 Å². The van der Waals surface area contributed by atoms with E-state index in [-0.39, 0.29) is 6.42 Å². The van der Waals surface area contributed by atoms with Gasteiger partial charge in [0.25, 0.3) is 0 Å². The minimum Gasteiger partial charge on any atom is -0.239 e. The Kier molecular flexibility index (Phi) is 2.35. The maximum absolute atomic E-state index is 8.54. The number of rotatable bonds is 1. The van der Waals surface area contributed by atoms with E-state index in [1.807, 2.05) is 12.1 Å². The fourth-order valence-electron chi connectivity index (χ4n) is 0.781. The highest BCUT2D eigenvalue weighted by molar-refractivity contribution is 5.29. The smallest absolute Gasteiger partial charge is 0.142 e. The van der Waals surface area contributed by atoms with Crippen molar-refractivity contribution in [1.29, 1.82) is 10.5 Å². The fraction of sp³-hybridized carbons (Fsp3) is 0.250. The molecule has 0 saturated heterocycles. The highest BCUT2D eigenvalue weighted by Crippen LogP contribution is 2.01. The van der Waals surface area contributed by atoms with E-state index in [1.165, 1.54) is 6.20 Å². The lowest BCUT2D eigenvalue weighted by atomic mass is 10.2. The van der Waals surface area contributed by atoms with E-state index in [0.29, 0.717) is 17.1 Å². The van der Waals surface area contributed by atoms with Gasteiger partial charge in [-0.05, 0) is 6.92 Å². The van der Waals surface area contributed by atoms with Crippen LogP contribution in [0.5, 0.6) is 0 Å². The maximum atomic E-state index is 8.54. The molecule has 0 atom stereocenters. The predicted molar refractivity (Wildman–Crippen MR) is 40.8 cm³/mol. The van der Waals surface area contributed by atoms with Crippen LogP contribution in [0.4, 0.5) is 0 Å². The summed E-state index contributed by atoms with van der Waals surface area (Å²) in [6, 6.07) is 3.90. The van der Waals surface area contributed by atoms with Gasteiger partial charge in [-0.3, -0.25) is 0 Å². The number of nitriles is 2. The minimum absolute atomic E-state index is 0.187. The lowest BCUT2D eigenvalue weighted by molar-refractivity contribution is 0.957. The first-order valence-corrected chi connectivity index (χ1v) is 3.37. The molecule has 4 heteroatoms. The first-order valence-electron chi connectivity index (χ1n) is 3.37. The van der Waals surface area contributed by atoms with Crippen molar-refractivity contribution in [1.82, 2.24) is 9.97 Å². The van der Waals surface area contributed by atoms with Gasteiger partial charge in [0.05, 0.1) is 23.7 Å². The first kappa shape index (κ1) is 8.16. The van der Waals surface area contributed by atoms with E-state index in [0.717, 1.165) is 0 Å². The molecule has 0 aliphatic carbocycles. The number of hydrogen-bond acceptors (Lipinski definition) is 4. The second-order valence-electron chi connectivity index (χ2n) is 2.23. The highest BCUT2D eigenvalue weighted by atomic mass is 14.9. The van der Waals surface area contributed by atoms with Crippen LogP contribution in [0.2, 0.25) is 0 Å². The Morgan fingerprint density at radius 3 is 2.75 bits per heavy atom. The molecule has 4 nitrogen and oxygen atoms in total. The molecule has 0 radical (unpaired) electrons. The number of nitrogens with zero attached hydrogens (tertiary/aromatic N) is 4. The number of aryl methyl sites for hydroxylation is 1. The van der Waals surface area contributed by atoms with Gasteiger partial charge < -0.3 is 0 Å². The van der Waals surface area contributed by atoms with Crippen LogP contribution in [-0.4, -0.2) is 9.97 Å². The second kappa shape index (κ2) is 3.45. The minimum atomic E-state index is 0.187. The molecule has 0 aliphatic rings. The van der Waals surface area contributed by atoms with Gasteiger partial charge in [-0.15, -0.1) is 0 Å². The molecule has 0 amide bonds. The third-order valence-corrected chi connectivity index (χ3v) is 1.39. The van der Waals surface area contributed by atoms with Crippen molar-refractivity contribution in [2.75, 3.05) is 0 Å². The van der Waals surface area contributed by atoms with E-state index >= 15 is 0 Å². The molecule has 0 fully saturated rings. The van der Waals surface area contributed by atoms with Crippen LogP contribution in [0.3, 0.4) is 0 Å². The molecule has 58 valence electrons. The Bertz CT molecular complexity index is 370. The highest BCUT2D eigenvalue weighted by Gasteiger charge is 2.00. The van der Waals surface area contributed by atoms with E-state index in [9.17, 15) is 0 Å². The lowest BCUT2D eigenvalue weighted by Gasteiger charge is -1.96. The molecule has 12 heavy (non-hydrogen) atoms. The van der Waals surface area contributed by atoms with Crippen molar-refractivity contribution in [2.45, 2.75) is 13.3 Å². The molecule has 0 spiro atoms. The normalized spacial score (nSPS) is 8.58. The van der Waals surface area contributed by atoms with Gasteiger partial charge in [0.2, 0.25) is 0 Å². The van der Waals surface area contributed by atoms with Crippen LogP contribution >= 0.6 is 0 Å². The maximum Gasteiger partial charge on any atom is 0.142 e. The first-order chi connectivity index (χ1) is 5.77. The summed E-state index contributed by atoms with van der Waals surface area (Å²) >= 11 is 0. The third kappa shape index (κ3) is 1.56. The largest absolute Gasteiger partial charge is 0.239 e. The Balaban J connectivity index is 3.06.